The molecule has 0 bridgehead atoms. The third kappa shape index (κ3) is 5.50. The van der Waals surface area contributed by atoms with E-state index < -0.39 is 0 Å². The molecule has 3 aromatic carbocycles. The predicted molar refractivity (Wildman–Crippen MR) is 124 cm³/mol. The van der Waals surface area contributed by atoms with Gasteiger partial charge >= 0.3 is 0 Å². The number of hydrogen-bond acceptors (Lipinski definition) is 3. The largest absolute Gasteiger partial charge is 0.352 e. The molecule has 5 nitrogen and oxygen atoms in total. The molecule has 4 rings (SSSR count). The first-order valence-corrected chi connectivity index (χ1v) is 10.9. The van der Waals surface area contributed by atoms with Crippen LogP contribution in [0.2, 0.25) is 0 Å². The summed E-state index contributed by atoms with van der Waals surface area (Å²) < 4.78 is 0. The van der Waals surface area contributed by atoms with Gasteiger partial charge in [0.05, 0.1) is 0 Å². The lowest BCUT2D eigenvalue weighted by atomic mass is 10.1. The molecule has 1 aliphatic rings. The summed E-state index contributed by atoms with van der Waals surface area (Å²) in [6, 6.07) is 22.2. The lowest BCUT2D eigenvalue weighted by Crippen LogP contribution is -2.48. The van der Waals surface area contributed by atoms with Crippen molar-refractivity contribution in [3.05, 3.63) is 83.4 Å². The molecule has 0 saturated carbocycles. The molecule has 3 aromatic rings. The van der Waals surface area contributed by atoms with Gasteiger partial charge in [0.2, 0.25) is 5.91 Å². The van der Waals surface area contributed by atoms with E-state index in [2.05, 4.69) is 41.4 Å². The van der Waals surface area contributed by atoms with Crippen molar-refractivity contribution in [2.24, 2.45) is 0 Å². The van der Waals surface area contributed by atoms with Crippen molar-refractivity contribution in [3.8, 4) is 0 Å². The van der Waals surface area contributed by atoms with Gasteiger partial charge in [-0.25, -0.2) is 0 Å². The van der Waals surface area contributed by atoms with Gasteiger partial charge in [-0.2, -0.15) is 0 Å². The molecule has 5 heteroatoms. The van der Waals surface area contributed by atoms with E-state index >= 15 is 0 Å². The van der Waals surface area contributed by atoms with Gasteiger partial charge in [-0.3, -0.25) is 14.5 Å². The molecule has 1 saturated heterocycles. The van der Waals surface area contributed by atoms with E-state index in [-0.39, 0.29) is 11.8 Å². The van der Waals surface area contributed by atoms with E-state index in [9.17, 15) is 9.59 Å². The van der Waals surface area contributed by atoms with E-state index in [1.165, 1.54) is 11.1 Å². The lowest BCUT2D eigenvalue weighted by molar-refractivity contribution is -0.132. The third-order valence-corrected chi connectivity index (χ3v) is 5.85. The van der Waals surface area contributed by atoms with Crippen LogP contribution in [0.4, 0.5) is 0 Å². The average Bonchev–Trinajstić information content (AvgIpc) is 2.79. The van der Waals surface area contributed by atoms with Gasteiger partial charge < -0.3 is 10.2 Å². The molecule has 1 N–H and O–H groups in total. The maximum Gasteiger partial charge on any atom is 0.251 e. The van der Waals surface area contributed by atoms with E-state index in [1.54, 1.807) is 0 Å². The van der Waals surface area contributed by atoms with Crippen LogP contribution in [0, 0.1) is 6.92 Å². The van der Waals surface area contributed by atoms with Gasteiger partial charge in [0.1, 0.15) is 0 Å². The number of carbonyl (C=O) groups excluding carboxylic acids is 2. The Balaban J connectivity index is 1.20. The highest BCUT2D eigenvalue weighted by Gasteiger charge is 2.21. The first-order valence-electron chi connectivity index (χ1n) is 10.9. The monoisotopic (exact) mass is 415 g/mol. The molecule has 2 amide bonds. The predicted octanol–water partition coefficient (Wildman–Crippen LogP) is 3.61. The molecule has 1 aliphatic heterocycles. The van der Waals surface area contributed by atoms with E-state index in [0.717, 1.165) is 43.5 Å². The number of nitrogens with one attached hydrogen (secondary N) is 1. The van der Waals surface area contributed by atoms with Crippen molar-refractivity contribution in [3.63, 3.8) is 0 Å². The summed E-state index contributed by atoms with van der Waals surface area (Å²) >= 11 is 0. The zero-order valence-electron chi connectivity index (χ0n) is 18.0. The summed E-state index contributed by atoms with van der Waals surface area (Å²) in [5.41, 5.74) is 3.21. The van der Waals surface area contributed by atoms with Gasteiger partial charge in [-0.05, 0) is 35.4 Å². The number of hydrogen-bond donors (Lipinski definition) is 1. The van der Waals surface area contributed by atoms with Crippen molar-refractivity contribution >= 4 is 22.6 Å². The summed E-state index contributed by atoms with van der Waals surface area (Å²) in [6.07, 6.45) is 0.331. The highest BCUT2D eigenvalue weighted by molar-refractivity contribution is 5.98. The van der Waals surface area contributed by atoms with Crippen LogP contribution in [0.5, 0.6) is 0 Å². The highest BCUT2D eigenvalue weighted by atomic mass is 16.2. The molecule has 1 fully saturated rings. The zero-order chi connectivity index (χ0) is 21.6. The average molecular weight is 416 g/mol. The molecule has 160 valence electrons. The summed E-state index contributed by atoms with van der Waals surface area (Å²) in [5, 5.41) is 5.03. The third-order valence-electron chi connectivity index (χ3n) is 5.85. The van der Waals surface area contributed by atoms with Crippen LogP contribution >= 0.6 is 0 Å². The van der Waals surface area contributed by atoms with Crippen LogP contribution < -0.4 is 5.32 Å². The van der Waals surface area contributed by atoms with Crippen LogP contribution in [0.3, 0.4) is 0 Å². The second-order valence-electron chi connectivity index (χ2n) is 8.21. The molecule has 1 heterocycles. The second kappa shape index (κ2) is 9.75. The summed E-state index contributed by atoms with van der Waals surface area (Å²) in [5.74, 6) is -0.0319. The molecule has 31 heavy (non-hydrogen) atoms. The van der Waals surface area contributed by atoms with E-state index in [4.69, 9.17) is 0 Å². The molecule has 0 atom stereocenters. The Hall–Kier alpha value is -3.18. The van der Waals surface area contributed by atoms with Gasteiger partial charge in [-0.1, -0.05) is 60.2 Å². The number of rotatable bonds is 6. The van der Waals surface area contributed by atoms with E-state index in [0.29, 0.717) is 18.5 Å². The van der Waals surface area contributed by atoms with Crippen molar-refractivity contribution in [2.75, 3.05) is 32.7 Å². The molecule has 0 radical (unpaired) electrons. The summed E-state index contributed by atoms with van der Waals surface area (Å²) in [7, 11) is 0. The molecule has 0 spiro atoms. The Morgan fingerprint density at radius 3 is 2.42 bits per heavy atom. The van der Waals surface area contributed by atoms with Crippen LogP contribution in [0.1, 0.15) is 27.9 Å². The maximum atomic E-state index is 12.6. The zero-order valence-corrected chi connectivity index (χ0v) is 18.0. The number of nitrogens with zero attached hydrogens (tertiary/aromatic N) is 2. The summed E-state index contributed by atoms with van der Waals surface area (Å²) in [6.45, 7) is 6.62. The van der Waals surface area contributed by atoms with Gasteiger partial charge in [0.25, 0.3) is 5.91 Å². The first-order chi connectivity index (χ1) is 15.1. The van der Waals surface area contributed by atoms with Gasteiger partial charge in [-0.15, -0.1) is 0 Å². The molecular formula is C26H29N3O2. The minimum absolute atomic E-state index is 0.106. The van der Waals surface area contributed by atoms with Crippen molar-refractivity contribution in [2.45, 2.75) is 19.9 Å². The fraction of sp³-hybridized carbons (Fsp3) is 0.308. The number of aryl methyl sites for hydroxylation is 1. The standard InChI is InChI=1S/C26H29N3O2/c1-20-5-4-6-21(17-20)19-28-13-15-29(16-14-28)25(30)11-12-27-26(31)24-10-9-22-7-2-3-8-23(22)18-24/h2-10,17-18H,11-16,19H2,1H3,(H,27,31). The Bertz CT molecular complexity index is 1070. The Kier molecular flexibility index (Phi) is 6.63. The lowest BCUT2D eigenvalue weighted by Gasteiger charge is -2.35. The Labute approximate surface area is 183 Å². The van der Waals surface area contributed by atoms with Gasteiger partial charge in [0.15, 0.2) is 0 Å². The number of carbonyl (C=O) groups is 2. The Morgan fingerprint density at radius 1 is 0.871 bits per heavy atom. The second-order valence-corrected chi connectivity index (χ2v) is 8.21. The van der Waals surface area contributed by atoms with Crippen molar-refractivity contribution in [1.82, 2.24) is 15.1 Å². The van der Waals surface area contributed by atoms with Crippen molar-refractivity contribution < 1.29 is 9.59 Å². The highest BCUT2D eigenvalue weighted by Crippen LogP contribution is 2.15. The fourth-order valence-corrected chi connectivity index (χ4v) is 4.10. The molecule has 0 unspecified atom stereocenters. The number of benzene rings is 3. The smallest absolute Gasteiger partial charge is 0.251 e. The normalized spacial score (nSPS) is 14.5. The number of fused-ring (bicyclic) bond motifs is 1. The van der Waals surface area contributed by atoms with Crippen LogP contribution in [0.15, 0.2) is 66.7 Å². The quantitative estimate of drug-likeness (QED) is 0.669. The fourth-order valence-electron chi connectivity index (χ4n) is 4.10. The molecule has 0 aliphatic carbocycles. The SMILES string of the molecule is Cc1cccc(CN2CCN(C(=O)CCNC(=O)c3ccc4ccccc4c3)CC2)c1. The van der Waals surface area contributed by atoms with Crippen LogP contribution in [-0.2, 0) is 11.3 Å². The van der Waals surface area contributed by atoms with Crippen LogP contribution in [-0.4, -0.2) is 54.3 Å². The number of piperazine rings is 1. The number of amides is 2. The van der Waals surface area contributed by atoms with Crippen LogP contribution in [0.25, 0.3) is 10.8 Å². The maximum absolute atomic E-state index is 12.6. The minimum atomic E-state index is -0.137. The topological polar surface area (TPSA) is 52.6 Å². The Morgan fingerprint density at radius 2 is 1.65 bits per heavy atom. The van der Waals surface area contributed by atoms with Gasteiger partial charge in [0, 0.05) is 51.3 Å². The first kappa shape index (κ1) is 21.1. The van der Waals surface area contributed by atoms with E-state index in [1.807, 2.05) is 47.4 Å². The minimum Gasteiger partial charge on any atom is -0.352 e. The molecular weight excluding hydrogens is 386 g/mol. The molecule has 0 aromatic heterocycles. The summed E-state index contributed by atoms with van der Waals surface area (Å²) in [4.78, 5) is 29.3. The van der Waals surface area contributed by atoms with Crippen molar-refractivity contribution in [1.29, 1.82) is 0 Å².